The molecule has 0 bridgehead atoms. The number of ether oxygens (including phenoxy) is 1. The van der Waals surface area contributed by atoms with Crippen LogP contribution in [-0.2, 0) is 9.53 Å². The maximum atomic E-state index is 11.0. The minimum Gasteiger partial charge on any atom is -0.462 e. The van der Waals surface area contributed by atoms with Crippen LogP contribution in [0.15, 0.2) is 11.1 Å². The molecule has 1 aliphatic heterocycles. The zero-order chi connectivity index (χ0) is 8.72. The quantitative estimate of drug-likeness (QED) is 0.406. The molecule has 0 N–H and O–H groups in total. The van der Waals surface area contributed by atoms with Gasteiger partial charge in [-0.15, -0.1) is 0 Å². The molecule has 2 heteroatoms. The fourth-order valence-electron chi connectivity index (χ4n) is 2.11. The molecule has 12 heavy (non-hydrogen) atoms. The lowest BCUT2D eigenvalue weighted by atomic mass is 9.83. The summed E-state index contributed by atoms with van der Waals surface area (Å²) >= 11 is 0. The predicted molar refractivity (Wildman–Crippen MR) is 45.6 cm³/mol. The summed E-state index contributed by atoms with van der Waals surface area (Å²) in [4.78, 5) is 11.0. The van der Waals surface area contributed by atoms with Crippen molar-refractivity contribution in [3.05, 3.63) is 11.1 Å². The molecular formula is C10H14O2. The van der Waals surface area contributed by atoms with E-state index in [1.165, 1.54) is 11.1 Å². The normalized spacial score (nSPS) is 35.0. The Labute approximate surface area is 72.6 Å². The second-order valence-electron chi connectivity index (χ2n) is 3.96. The van der Waals surface area contributed by atoms with Crippen molar-refractivity contribution in [2.45, 2.75) is 39.2 Å². The van der Waals surface area contributed by atoms with Crippen LogP contribution in [0.2, 0.25) is 0 Å². The number of rotatable bonds is 0. The Hall–Kier alpha value is -0.790. The number of fused-ring (bicyclic) bond motifs is 1. The molecule has 1 fully saturated rings. The monoisotopic (exact) mass is 166 g/mol. The largest absolute Gasteiger partial charge is 0.462 e. The molecule has 0 amide bonds. The van der Waals surface area contributed by atoms with E-state index in [4.69, 9.17) is 4.74 Å². The second-order valence-corrected chi connectivity index (χ2v) is 3.96. The smallest absolute Gasteiger partial charge is 0.306 e. The highest BCUT2D eigenvalue weighted by molar-refractivity contribution is 5.72. The number of allylic oxidation sites excluding steroid dienone is 1. The summed E-state index contributed by atoms with van der Waals surface area (Å²) in [7, 11) is 0. The summed E-state index contributed by atoms with van der Waals surface area (Å²) in [6.07, 6.45) is 2.85. The van der Waals surface area contributed by atoms with Gasteiger partial charge in [-0.1, -0.05) is 11.1 Å². The molecule has 1 heterocycles. The van der Waals surface area contributed by atoms with Crippen LogP contribution in [0.5, 0.6) is 0 Å². The molecule has 2 aliphatic rings. The fourth-order valence-corrected chi connectivity index (χ4v) is 2.11. The summed E-state index contributed by atoms with van der Waals surface area (Å²) in [5.74, 6) is 0.466. The molecule has 2 atom stereocenters. The van der Waals surface area contributed by atoms with E-state index in [0.29, 0.717) is 12.3 Å². The molecule has 0 radical (unpaired) electrons. The molecule has 0 unspecified atom stereocenters. The summed E-state index contributed by atoms with van der Waals surface area (Å²) < 4.78 is 5.21. The average Bonchev–Trinajstić information content (AvgIpc) is 2.30. The van der Waals surface area contributed by atoms with Gasteiger partial charge in [0.25, 0.3) is 0 Å². The van der Waals surface area contributed by atoms with Crippen molar-refractivity contribution in [3.8, 4) is 0 Å². The number of carbonyl (C=O) groups excluding carboxylic acids is 1. The highest BCUT2D eigenvalue weighted by atomic mass is 16.5. The lowest BCUT2D eigenvalue weighted by Crippen LogP contribution is -2.21. The van der Waals surface area contributed by atoms with Crippen LogP contribution in [-0.4, -0.2) is 12.1 Å². The Kier molecular flexibility index (Phi) is 1.71. The Bertz CT molecular complexity index is 229. The second kappa shape index (κ2) is 2.61. The third kappa shape index (κ3) is 1.15. The molecule has 66 valence electrons. The van der Waals surface area contributed by atoms with E-state index in [0.717, 1.165) is 12.8 Å². The molecule has 1 saturated heterocycles. The van der Waals surface area contributed by atoms with Gasteiger partial charge in [0, 0.05) is 12.3 Å². The Morgan fingerprint density at radius 3 is 2.58 bits per heavy atom. The molecule has 0 saturated carbocycles. The van der Waals surface area contributed by atoms with Gasteiger partial charge in [-0.25, -0.2) is 0 Å². The first-order valence-electron chi connectivity index (χ1n) is 4.51. The fraction of sp³-hybridized carbons (Fsp3) is 0.700. The molecule has 0 aromatic heterocycles. The van der Waals surface area contributed by atoms with E-state index in [2.05, 4.69) is 13.8 Å². The molecule has 2 nitrogen and oxygen atoms in total. The van der Waals surface area contributed by atoms with Crippen molar-refractivity contribution in [2.24, 2.45) is 5.92 Å². The zero-order valence-electron chi connectivity index (χ0n) is 7.59. The standard InChI is InChI=1S/C10H14O2/c1-6-3-8-5-10(11)12-9(8)4-7(6)2/h8-9H,3-5H2,1-2H3/t8-,9-/m0/s1. The number of carbonyl (C=O) groups is 1. The molecule has 0 aromatic carbocycles. The van der Waals surface area contributed by atoms with Crippen LogP contribution in [0.1, 0.15) is 33.1 Å². The van der Waals surface area contributed by atoms with Crippen molar-refractivity contribution in [1.29, 1.82) is 0 Å². The van der Waals surface area contributed by atoms with E-state index in [1.807, 2.05) is 0 Å². The predicted octanol–water partition coefficient (Wildman–Crippen LogP) is 2.05. The van der Waals surface area contributed by atoms with Crippen LogP contribution in [0, 0.1) is 5.92 Å². The van der Waals surface area contributed by atoms with Gasteiger partial charge in [-0.05, 0) is 20.3 Å². The number of hydrogen-bond acceptors (Lipinski definition) is 2. The van der Waals surface area contributed by atoms with Gasteiger partial charge >= 0.3 is 5.97 Å². The van der Waals surface area contributed by atoms with Crippen LogP contribution in [0.3, 0.4) is 0 Å². The molecule has 2 rings (SSSR count). The maximum Gasteiger partial charge on any atom is 0.306 e. The van der Waals surface area contributed by atoms with Crippen LogP contribution >= 0.6 is 0 Å². The van der Waals surface area contributed by atoms with Crippen molar-refractivity contribution < 1.29 is 9.53 Å². The van der Waals surface area contributed by atoms with E-state index in [1.54, 1.807) is 0 Å². The summed E-state index contributed by atoms with van der Waals surface area (Å²) in [6.45, 7) is 4.30. The van der Waals surface area contributed by atoms with Crippen LogP contribution in [0.25, 0.3) is 0 Å². The van der Waals surface area contributed by atoms with Crippen LogP contribution < -0.4 is 0 Å². The topological polar surface area (TPSA) is 26.3 Å². The van der Waals surface area contributed by atoms with E-state index in [-0.39, 0.29) is 12.1 Å². The number of esters is 1. The molecule has 0 spiro atoms. The van der Waals surface area contributed by atoms with Crippen LogP contribution in [0.4, 0.5) is 0 Å². The molecule has 0 aromatic rings. The summed E-state index contributed by atoms with van der Waals surface area (Å²) in [5.41, 5.74) is 2.86. The van der Waals surface area contributed by atoms with Gasteiger partial charge < -0.3 is 4.74 Å². The summed E-state index contributed by atoms with van der Waals surface area (Å²) in [6, 6.07) is 0. The third-order valence-corrected chi connectivity index (χ3v) is 3.04. The highest BCUT2D eigenvalue weighted by Crippen LogP contribution is 2.37. The lowest BCUT2D eigenvalue weighted by Gasteiger charge is -2.24. The van der Waals surface area contributed by atoms with Gasteiger partial charge in [0.05, 0.1) is 6.42 Å². The van der Waals surface area contributed by atoms with Crippen molar-refractivity contribution >= 4 is 5.97 Å². The minimum absolute atomic E-state index is 0.00694. The first kappa shape index (κ1) is 7.84. The van der Waals surface area contributed by atoms with Crippen molar-refractivity contribution in [3.63, 3.8) is 0 Å². The van der Waals surface area contributed by atoms with Crippen molar-refractivity contribution in [1.82, 2.24) is 0 Å². The lowest BCUT2D eigenvalue weighted by molar-refractivity contribution is -0.141. The van der Waals surface area contributed by atoms with E-state index >= 15 is 0 Å². The summed E-state index contributed by atoms with van der Waals surface area (Å²) in [5, 5.41) is 0. The maximum absolute atomic E-state index is 11.0. The van der Waals surface area contributed by atoms with Gasteiger partial charge in [-0.3, -0.25) is 4.79 Å². The Balaban J connectivity index is 2.17. The SMILES string of the molecule is CC1=C(C)C[C@@H]2OC(=O)C[C@@H]2C1. The van der Waals surface area contributed by atoms with Crippen molar-refractivity contribution in [2.75, 3.05) is 0 Å². The number of hydrogen-bond donors (Lipinski definition) is 0. The zero-order valence-corrected chi connectivity index (χ0v) is 7.59. The first-order chi connectivity index (χ1) is 5.66. The average molecular weight is 166 g/mol. The Morgan fingerprint density at radius 2 is 1.83 bits per heavy atom. The van der Waals surface area contributed by atoms with E-state index < -0.39 is 0 Å². The van der Waals surface area contributed by atoms with Gasteiger partial charge in [0.15, 0.2) is 0 Å². The third-order valence-electron chi connectivity index (χ3n) is 3.04. The first-order valence-corrected chi connectivity index (χ1v) is 4.51. The van der Waals surface area contributed by atoms with Gasteiger partial charge in [0.2, 0.25) is 0 Å². The molecule has 1 aliphatic carbocycles. The van der Waals surface area contributed by atoms with Gasteiger partial charge in [-0.2, -0.15) is 0 Å². The minimum atomic E-state index is -0.00694. The van der Waals surface area contributed by atoms with Gasteiger partial charge in [0.1, 0.15) is 6.10 Å². The highest BCUT2D eigenvalue weighted by Gasteiger charge is 2.37. The van der Waals surface area contributed by atoms with E-state index in [9.17, 15) is 4.79 Å². The molecular weight excluding hydrogens is 152 g/mol. The Morgan fingerprint density at radius 1 is 1.17 bits per heavy atom.